The van der Waals surface area contributed by atoms with Gasteiger partial charge in [0.25, 0.3) is 0 Å². The molecule has 1 aromatic rings. The summed E-state index contributed by atoms with van der Waals surface area (Å²) in [7, 11) is 0. The van der Waals surface area contributed by atoms with Gasteiger partial charge in [-0.1, -0.05) is 6.92 Å². The van der Waals surface area contributed by atoms with E-state index in [1.165, 1.54) is 0 Å². The topological polar surface area (TPSA) is 72.9 Å². The van der Waals surface area contributed by atoms with Crippen molar-refractivity contribution in [3.63, 3.8) is 0 Å². The van der Waals surface area contributed by atoms with Gasteiger partial charge in [0.15, 0.2) is 0 Å². The van der Waals surface area contributed by atoms with E-state index < -0.39 is 0 Å². The molecule has 0 saturated heterocycles. The number of nitrogens with two attached hydrogens (primary N) is 1. The molecule has 0 unspecified atom stereocenters. The molecule has 2 atom stereocenters. The molecule has 1 aliphatic carbocycles. The van der Waals surface area contributed by atoms with E-state index >= 15 is 0 Å². The van der Waals surface area contributed by atoms with Gasteiger partial charge >= 0.3 is 0 Å². The van der Waals surface area contributed by atoms with Crippen LogP contribution in [-0.4, -0.2) is 27.5 Å². The Morgan fingerprint density at radius 1 is 1.61 bits per heavy atom. The van der Waals surface area contributed by atoms with Crippen LogP contribution in [0.25, 0.3) is 0 Å². The first-order valence-electron chi connectivity index (χ1n) is 6.74. The van der Waals surface area contributed by atoms with Gasteiger partial charge < -0.3 is 15.6 Å². The summed E-state index contributed by atoms with van der Waals surface area (Å²) in [6.07, 6.45) is 8.06. The van der Waals surface area contributed by atoms with Gasteiger partial charge in [-0.05, 0) is 19.3 Å². The molecule has 0 radical (unpaired) electrons. The Morgan fingerprint density at radius 2 is 2.44 bits per heavy atom. The van der Waals surface area contributed by atoms with Crippen molar-refractivity contribution in [1.29, 1.82) is 0 Å². The molecule has 0 bridgehead atoms. The predicted molar refractivity (Wildman–Crippen MR) is 70.0 cm³/mol. The fraction of sp³-hybridized carbons (Fsp3) is 0.692. The number of hydrogen-bond donors (Lipinski definition) is 2. The Morgan fingerprint density at radius 3 is 3.11 bits per heavy atom. The van der Waals surface area contributed by atoms with Crippen molar-refractivity contribution in [2.75, 3.05) is 0 Å². The SMILES string of the molecule is CCc1nccn1CCC(=O)N[C@@H]1CC[C@@H](N)C1. The van der Waals surface area contributed by atoms with E-state index in [-0.39, 0.29) is 18.0 Å². The lowest BCUT2D eigenvalue weighted by atomic mass is 10.2. The van der Waals surface area contributed by atoms with Gasteiger partial charge in [0.1, 0.15) is 5.82 Å². The first-order chi connectivity index (χ1) is 8.69. The van der Waals surface area contributed by atoms with Crippen molar-refractivity contribution >= 4 is 5.91 Å². The number of aromatic nitrogens is 2. The zero-order chi connectivity index (χ0) is 13.0. The first kappa shape index (κ1) is 13.1. The second-order valence-corrected chi connectivity index (χ2v) is 4.98. The summed E-state index contributed by atoms with van der Waals surface area (Å²) >= 11 is 0. The van der Waals surface area contributed by atoms with Crippen LogP contribution in [0, 0.1) is 0 Å². The minimum absolute atomic E-state index is 0.116. The third kappa shape index (κ3) is 3.32. The van der Waals surface area contributed by atoms with Gasteiger partial charge in [0, 0.05) is 43.9 Å². The van der Waals surface area contributed by atoms with Gasteiger partial charge in [-0.2, -0.15) is 0 Å². The molecular weight excluding hydrogens is 228 g/mol. The fourth-order valence-electron chi connectivity index (χ4n) is 2.53. The largest absolute Gasteiger partial charge is 0.353 e. The lowest BCUT2D eigenvalue weighted by Crippen LogP contribution is -2.34. The van der Waals surface area contributed by atoms with Crippen LogP contribution in [0.5, 0.6) is 0 Å². The molecule has 1 aromatic heterocycles. The van der Waals surface area contributed by atoms with E-state index in [4.69, 9.17) is 5.73 Å². The normalized spacial score (nSPS) is 23.2. The summed E-state index contributed by atoms with van der Waals surface area (Å²) in [6.45, 7) is 2.77. The van der Waals surface area contributed by atoms with Gasteiger partial charge in [-0.25, -0.2) is 4.98 Å². The number of nitrogens with one attached hydrogen (secondary N) is 1. The molecule has 0 spiro atoms. The van der Waals surface area contributed by atoms with E-state index in [9.17, 15) is 4.79 Å². The molecule has 1 heterocycles. The second kappa shape index (κ2) is 6.00. The van der Waals surface area contributed by atoms with Gasteiger partial charge in [-0.3, -0.25) is 4.79 Å². The Balaban J connectivity index is 1.75. The monoisotopic (exact) mass is 250 g/mol. The highest BCUT2D eigenvalue weighted by molar-refractivity contribution is 5.76. The molecule has 5 heteroatoms. The quantitative estimate of drug-likeness (QED) is 0.813. The standard InChI is InChI=1S/C13H22N4O/c1-2-12-15-6-8-17(12)7-5-13(18)16-11-4-3-10(14)9-11/h6,8,10-11H,2-5,7,9,14H2,1H3,(H,16,18)/t10-,11-/m1/s1. The van der Waals surface area contributed by atoms with Crippen LogP contribution >= 0.6 is 0 Å². The molecule has 1 saturated carbocycles. The van der Waals surface area contributed by atoms with Gasteiger partial charge in [0.2, 0.25) is 5.91 Å². The summed E-state index contributed by atoms with van der Waals surface area (Å²) in [4.78, 5) is 16.1. The van der Waals surface area contributed by atoms with Crippen LogP contribution < -0.4 is 11.1 Å². The highest BCUT2D eigenvalue weighted by atomic mass is 16.1. The van der Waals surface area contributed by atoms with E-state index in [1.807, 2.05) is 10.8 Å². The Hall–Kier alpha value is -1.36. The van der Waals surface area contributed by atoms with Crippen LogP contribution in [0.4, 0.5) is 0 Å². The van der Waals surface area contributed by atoms with Crippen LogP contribution in [0.15, 0.2) is 12.4 Å². The van der Waals surface area contributed by atoms with Crippen molar-refractivity contribution in [1.82, 2.24) is 14.9 Å². The summed E-state index contributed by atoms with van der Waals surface area (Å²) < 4.78 is 2.04. The van der Waals surface area contributed by atoms with Crippen LogP contribution in [0.1, 0.15) is 38.4 Å². The minimum atomic E-state index is 0.116. The average molecular weight is 250 g/mol. The third-order valence-corrected chi connectivity index (χ3v) is 3.54. The summed E-state index contributed by atoms with van der Waals surface area (Å²) in [6, 6.07) is 0.538. The van der Waals surface area contributed by atoms with Crippen LogP contribution in [-0.2, 0) is 17.8 Å². The maximum atomic E-state index is 11.8. The molecule has 0 aromatic carbocycles. The molecule has 2 rings (SSSR count). The first-order valence-corrected chi connectivity index (χ1v) is 6.74. The van der Waals surface area contributed by atoms with E-state index in [1.54, 1.807) is 6.20 Å². The van der Waals surface area contributed by atoms with E-state index in [2.05, 4.69) is 17.2 Å². The number of carbonyl (C=O) groups excluding carboxylic acids is 1. The lowest BCUT2D eigenvalue weighted by molar-refractivity contribution is -0.122. The maximum Gasteiger partial charge on any atom is 0.222 e. The molecule has 1 aliphatic rings. The number of nitrogens with zero attached hydrogens (tertiary/aromatic N) is 2. The number of rotatable bonds is 5. The molecule has 1 fully saturated rings. The van der Waals surface area contributed by atoms with Crippen LogP contribution in [0.2, 0.25) is 0 Å². The molecule has 18 heavy (non-hydrogen) atoms. The molecule has 3 N–H and O–H groups in total. The zero-order valence-electron chi connectivity index (χ0n) is 10.9. The number of carbonyl (C=O) groups is 1. The van der Waals surface area contributed by atoms with Gasteiger partial charge in [0.05, 0.1) is 0 Å². The Bertz CT molecular complexity index is 401. The lowest BCUT2D eigenvalue weighted by Gasteiger charge is -2.13. The van der Waals surface area contributed by atoms with Crippen molar-refractivity contribution in [3.05, 3.63) is 18.2 Å². The fourth-order valence-corrected chi connectivity index (χ4v) is 2.53. The minimum Gasteiger partial charge on any atom is -0.353 e. The number of imidazole rings is 1. The number of aryl methyl sites for hydroxylation is 2. The second-order valence-electron chi connectivity index (χ2n) is 4.98. The van der Waals surface area contributed by atoms with Crippen molar-refractivity contribution in [2.45, 2.75) is 57.7 Å². The summed E-state index contributed by atoms with van der Waals surface area (Å²) in [5, 5.41) is 3.06. The summed E-state index contributed by atoms with van der Waals surface area (Å²) in [5.74, 6) is 1.15. The highest BCUT2D eigenvalue weighted by Crippen LogP contribution is 2.17. The number of hydrogen-bond acceptors (Lipinski definition) is 3. The van der Waals surface area contributed by atoms with Gasteiger partial charge in [-0.15, -0.1) is 0 Å². The van der Waals surface area contributed by atoms with Crippen molar-refractivity contribution < 1.29 is 4.79 Å². The van der Waals surface area contributed by atoms with Crippen molar-refractivity contribution in [3.8, 4) is 0 Å². The summed E-state index contributed by atoms with van der Waals surface area (Å²) in [5.41, 5.74) is 5.83. The molecule has 1 amide bonds. The zero-order valence-corrected chi connectivity index (χ0v) is 10.9. The van der Waals surface area contributed by atoms with Crippen LogP contribution in [0.3, 0.4) is 0 Å². The predicted octanol–water partition coefficient (Wildman–Crippen LogP) is 0.832. The molecular formula is C13H22N4O. The Labute approximate surface area is 108 Å². The smallest absolute Gasteiger partial charge is 0.222 e. The molecule has 5 nitrogen and oxygen atoms in total. The molecule has 0 aliphatic heterocycles. The van der Waals surface area contributed by atoms with E-state index in [0.29, 0.717) is 13.0 Å². The third-order valence-electron chi connectivity index (χ3n) is 3.54. The Kier molecular flexibility index (Phi) is 4.36. The number of amides is 1. The highest BCUT2D eigenvalue weighted by Gasteiger charge is 2.22. The average Bonchev–Trinajstić information content (AvgIpc) is 2.95. The van der Waals surface area contributed by atoms with Crippen molar-refractivity contribution in [2.24, 2.45) is 5.73 Å². The van der Waals surface area contributed by atoms with E-state index in [0.717, 1.165) is 31.5 Å². The molecule has 100 valence electrons. The maximum absolute atomic E-state index is 11.8.